The molecule has 0 aliphatic carbocycles. The minimum absolute atomic E-state index is 0.339. The molecule has 0 spiro atoms. The predicted molar refractivity (Wildman–Crippen MR) is 79.8 cm³/mol. The minimum Gasteiger partial charge on any atom is -0.126 e. The van der Waals surface area contributed by atoms with Gasteiger partial charge in [0.25, 0.3) is 0 Å². The molecule has 94 valence electrons. The number of aryl methyl sites for hydroxylation is 1. The molecule has 0 nitrogen and oxygen atoms in total. The Morgan fingerprint density at radius 1 is 1.06 bits per heavy atom. The Morgan fingerprint density at radius 3 is 2.39 bits per heavy atom. The summed E-state index contributed by atoms with van der Waals surface area (Å²) < 4.78 is 0. The first kappa shape index (κ1) is 13.5. The third-order valence-corrected chi connectivity index (χ3v) is 3.72. The van der Waals surface area contributed by atoms with Gasteiger partial charge >= 0.3 is 0 Å². The van der Waals surface area contributed by atoms with Crippen molar-refractivity contribution in [1.82, 2.24) is 0 Å². The lowest BCUT2D eigenvalue weighted by molar-refractivity contribution is 0.766. The van der Waals surface area contributed by atoms with Crippen molar-refractivity contribution < 1.29 is 0 Å². The number of hydrogen-bond donors (Lipinski definition) is 0. The van der Waals surface area contributed by atoms with E-state index in [1.54, 1.807) is 0 Å². The quantitative estimate of drug-likeness (QED) is 0.674. The highest BCUT2D eigenvalue weighted by Crippen LogP contribution is 2.24. The van der Waals surface area contributed by atoms with Gasteiger partial charge < -0.3 is 0 Å². The van der Waals surface area contributed by atoms with Crippen molar-refractivity contribution in [2.45, 2.75) is 19.3 Å². The normalized spacial score (nSPS) is 12.4. The number of hydrogen-bond acceptors (Lipinski definition) is 0. The maximum absolute atomic E-state index is 6.10. The van der Waals surface area contributed by atoms with Crippen LogP contribution in [0.2, 0.25) is 5.02 Å². The number of halogens is 2. The lowest BCUT2D eigenvalue weighted by Crippen LogP contribution is -2.04. The monoisotopic (exact) mass is 278 g/mol. The third-order valence-electron chi connectivity index (χ3n) is 3.09. The fourth-order valence-electron chi connectivity index (χ4n) is 2.12. The molecule has 0 amide bonds. The molecule has 2 aromatic rings. The van der Waals surface area contributed by atoms with Crippen LogP contribution in [0.5, 0.6) is 0 Å². The summed E-state index contributed by atoms with van der Waals surface area (Å²) in [7, 11) is 0. The van der Waals surface area contributed by atoms with Gasteiger partial charge in [-0.15, -0.1) is 11.6 Å². The third kappa shape index (κ3) is 3.51. The van der Waals surface area contributed by atoms with E-state index >= 15 is 0 Å². The second-order valence-corrected chi connectivity index (χ2v) is 5.34. The van der Waals surface area contributed by atoms with Crippen LogP contribution < -0.4 is 0 Å². The van der Waals surface area contributed by atoms with Crippen LogP contribution in [-0.4, -0.2) is 5.88 Å². The number of rotatable bonds is 4. The standard InChI is InChI=1S/C16H16Cl2/c1-12-3-2-4-13(9-12)10-15(11-17)14-5-7-16(18)8-6-14/h2-9,15H,10-11H2,1H3. The molecule has 18 heavy (non-hydrogen) atoms. The van der Waals surface area contributed by atoms with Crippen molar-refractivity contribution >= 4 is 23.2 Å². The van der Waals surface area contributed by atoms with Gasteiger partial charge in [-0.2, -0.15) is 0 Å². The molecule has 1 atom stereocenters. The summed E-state index contributed by atoms with van der Waals surface area (Å²) in [6.07, 6.45) is 0.965. The Kier molecular flexibility index (Phi) is 4.68. The molecule has 0 heterocycles. The van der Waals surface area contributed by atoms with Gasteiger partial charge in [0.1, 0.15) is 0 Å². The lowest BCUT2D eigenvalue weighted by atomic mass is 9.93. The van der Waals surface area contributed by atoms with Gasteiger partial charge in [-0.1, -0.05) is 53.6 Å². The Hall–Kier alpha value is -0.980. The van der Waals surface area contributed by atoms with E-state index < -0.39 is 0 Å². The molecule has 2 heteroatoms. The molecule has 0 saturated carbocycles. The Balaban J connectivity index is 2.17. The summed E-state index contributed by atoms with van der Waals surface area (Å²) in [4.78, 5) is 0. The van der Waals surface area contributed by atoms with Crippen LogP contribution in [0.25, 0.3) is 0 Å². The fraction of sp³-hybridized carbons (Fsp3) is 0.250. The summed E-state index contributed by atoms with van der Waals surface area (Å²) in [5, 5.41) is 0.766. The Bertz CT molecular complexity index is 503. The topological polar surface area (TPSA) is 0 Å². The van der Waals surface area contributed by atoms with E-state index in [0.717, 1.165) is 11.4 Å². The molecule has 2 rings (SSSR count). The average molecular weight is 279 g/mol. The van der Waals surface area contributed by atoms with Gasteiger partial charge in [0.2, 0.25) is 0 Å². The summed E-state index contributed by atoms with van der Waals surface area (Å²) >= 11 is 12.0. The zero-order chi connectivity index (χ0) is 13.0. The van der Waals surface area contributed by atoms with E-state index in [4.69, 9.17) is 23.2 Å². The lowest BCUT2D eigenvalue weighted by Gasteiger charge is -2.15. The van der Waals surface area contributed by atoms with Gasteiger partial charge in [-0.3, -0.25) is 0 Å². The average Bonchev–Trinajstić information content (AvgIpc) is 2.37. The minimum atomic E-state index is 0.339. The number of benzene rings is 2. The molecular formula is C16H16Cl2. The van der Waals surface area contributed by atoms with Gasteiger partial charge in [0.05, 0.1) is 0 Å². The summed E-state index contributed by atoms with van der Waals surface area (Å²) in [5.74, 6) is 0.959. The summed E-state index contributed by atoms with van der Waals surface area (Å²) in [6.45, 7) is 2.11. The molecule has 0 N–H and O–H groups in total. The van der Waals surface area contributed by atoms with E-state index in [1.807, 2.05) is 12.1 Å². The molecule has 0 radical (unpaired) electrons. The molecule has 0 saturated heterocycles. The second-order valence-electron chi connectivity index (χ2n) is 4.60. The maximum atomic E-state index is 6.10. The van der Waals surface area contributed by atoms with E-state index in [9.17, 15) is 0 Å². The van der Waals surface area contributed by atoms with Gasteiger partial charge in [-0.25, -0.2) is 0 Å². The first-order valence-corrected chi connectivity index (χ1v) is 6.97. The van der Waals surface area contributed by atoms with Crippen LogP contribution >= 0.6 is 23.2 Å². The molecule has 0 fully saturated rings. The van der Waals surface area contributed by atoms with E-state index in [2.05, 4.69) is 43.3 Å². The SMILES string of the molecule is Cc1cccc(CC(CCl)c2ccc(Cl)cc2)c1. The van der Waals surface area contributed by atoms with Crippen molar-refractivity contribution in [2.75, 3.05) is 5.88 Å². The number of alkyl halides is 1. The van der Waals surface area contributed by atoms with E-state index in [-0.39, 0.29) is 0 Å². The summed E-state index contributed by atoms with van der Waals surface area (Å²) in [5.41, 5.74) is 3.86. The van der Waals surface area contributed by atoms with Crippen molar-refractivity contribution in [1.29, 1.82) is 0 Å². The molecule has 0 aliphatic rings. The smallest absolute Gasteiger partial charge is 0.0406 e. The van der Waals surface area contributed by atoms with Crippen LogP contribution in [0.3, 0.4) is 0 Å². The molecule has 2 aromatic carbocycles. The maximum Gasteiger partial charge on any atom is 0.0406 e. The molecule has 1 unspecified atom stereocenters. The fourth-order valence-corrected chi connectivity index (χ4v) is 2.53. The largest absolute Gasteiger partial charge is 0.126 e. The van der Waals surface area contributed by atoms with Gasteiger partial charge in [0.15, 0.2) is 0 Å². The highest BCUT2D eigenvalue weighted by atomic mass is 35.5. The van der Waals surface area contributed by atoms with Crippen LogP contribution in [0.1, 0.15) is 22.6 Å². The van der Waals surface area contributed by atoms with Crippen LogP contribution in [-0.2, 0) is 6.42 Å². The molecule has 0 aliphatic heterocycles. The van der Waals surface area contributed by atoms with Crippen molar-refractivity contribution in [3.05, 3.63) is 70.2 Å². The molecular weight excluding hydrogens is 263 g/mol. The van der Waals surface area contributed by atoms with Gasteiger partial charge in [0, 0.05) is 16.8 Å². The van der Waals surface area contributed by atoms with Crippen LogP contribution in [0.15, 0.2) is 48.5 Å². The Labute approximate surface area is 119 Å². The first-order valence-electron chi connectivity index (χ1n) is 6.06. The summed E-state index contributed by atoms with van der Waals surface area (Å²) in [6, 6.07) is 16.5. The molecule has 0 bridgehead atoms. The van der Waals surface area contributed by atoms with Crippen molar-refractivity contribution in [3.63, 3.8) is 0 Å². The highest BCUT2D eigenvalue weighted by molar-refractivity contribution is 6.30. The zero-order valence-corrected chi connectivity index (χ0v) is 11.9. The molecule has 0 aromatic heterocycles. The van der Waals surface area contributed by atoms with Crippen molar-refractivity contribution in [3.8, 4) is 0 Å². The first-order chi connectivity index (χ1) is 8.69. The van der Waals surface area contributed by atoms with E-state index in [0.29, 0.717) is 11.8 Å². The van der Waals surface area contributed by atoms with Gasteiger partial charge in [-0.05, 0) is 36.6 Å². The van der Waals surface area contributed by atoms with Crippen LogP contribution in [0, 0.1) is 6.92 Å². The second kappa shape index (κ2) is 6.26. The van der Waals surface area contributed by atoms with E-state index in [1.165, 1.54) is 16.7 Å². The predicted octanol–water partition coefficient (Wildman–Crippen LogP) is 5.21. The van der Waals surface area contributed by atoms with Crippen LogP contribution in [0.4, 0.5) is 0 Å². The zero-order valence-electron chi connectivity index (χ0n) is 10.4. The highest BCUT2D eigenvalue weighted by Gasteiger charge is 2.11. The van der Waals surface area contributed by atoms with Crippen molar-refractivity contribution in [2.24, 2.45) is 0 Å². The Morgan fingerprint density at radius 2 is 1.78 bits per heavy atom.